The second-order valence-corrected chi connectivity index (χ2v) is 11.2. The van der Waals surface area contributed by atoms with Gasteiger partial charge in [-0.1, -0.05) is 19.1 Å². The van der Waals surface area contributed by atoms with Crippen molar-refractivity contribution in [3.05, 3.63) is 66.0 Å². The Morgan fingerprint density at radius 2 is 1.92 bits per heavy atom. The summed E-state index contributed by atoms with van der Waals surface area (Å²) in [6.45, 7) is -1.51. The fourth-order valence-electron chi connectivity index (χ4n) is 5.38. The maximum absolute atomic E-state index is 13.5. The van der Waals surface area contributed by atoms with Gasteiger partial charge < -0.3 is 14.4 Å². The fourth-order valence-corrected chi connectivity index (χ4v) is 7.22. The molecule has 2 aliphatic heterocycles. The van der Waals surface area contributed by atoms with Gasteiger partial charge in [0.2, 0.25) is 0 Å². The third-order valence-electron chi connectivity index (χ3n) is 6.96. The number of aliphatic hydroxyl groups is 1. The summed E-state index contributed by atoms with van der Waals surface area (Å²) in [4.78, 5) is 13.4. The van der Waals surface area contributed by atoms with Gasteiger partial charge in [-0.25, -0.2) is 23.4 Å². The van der Waals surface area contributed by atoms with Crippen molar-refractivity contribution in [2.45, 2.75) is 42.7 Å². The molecule has 2 bridgehead atoms. The fraction of sp³-hybridized carbons (Fsp3) is 0.320. The molecular weight excluding hydrogens is 490 g/mol. The molecule has 8 nitrogen and oxygen atoms in total. The molecule has 2 aromatic heterocycles. The molecule has 4 aromatic rings. The van der Waals surface area contributed by atoms with Gasteiger partial charge in [-0.15, -0.1) is 0 Å². The third-order valence-corrected chi connectivity index (χ3v) is 8.82. The molecule has 36 heavy (non-hydrogen) atoms. The summed E-state index contributed by atoms with van der Waals surface area (Å²) in [7, 11) is -3.76. The van der Waals surface area contributed by atoms with Crippen LogP contribution in [0.15, 0.2) is 53.7 Å². The van der Waals surface area contributed by atoms with Gasteiger partial charge in [0.15, 0.2) is 9.84 Å². The van der Waals surface area contributed by atoms with Crippen molar-refractivity contribution in [3.63, 3.8) is 0 Å². The zero-order chi connectivity index (χ0) is 25.2. The molecule has 4 heterocycles. The number of imidazole rings is 1. The number of sulfone groups is 1. The lowest BCUT2D eigenvalue weighted by Gasteiger charge is -2.24. The zero-order valence-electron chi connectivity index (χ0n) is 19.2. The second kappa shape index (κ2) is 8.31. The van der Waals surface area contributed by atoms with Crippen LogP contribution >= 0.6 is 0 Å². The Kier molecular flexibility index (Phi) is 5.31. The van der Waals surface area contributed by atoms with Gasteiger partial charge >= 0.3 is 6.61 Å². The quantitative estimate of drug-likeness (QED) is 0.430. The Bertz CT molecular complexity index is 1590. The molecule has 0 amide bonds. The van der Waals surface area contributed by atoms with Crippen LogP contribution in [0.25, 0.3) is 22.2 Å². The maximum atomic E-state index is 13.5. The Labute approximate surface area is 205 Å². The first-order valence-corrected chi connectivity index (χ1v) is 13.2. The minimum absolute atomic E-state index is 0.0860. The van der Waals surface area contributed by atoms with Crippen LogP contribution in [0.1, 0.15) is 48.4 Å². The van der Waals surface area contributed by atoms with Crippen LogP contribution in [0.3, 0.4) is 0 Å². The summed E-state index contributed by atoms with van der Waals surface area (Å²) in [6.07, 6.45) is 3.38. The SMILES string of the molecule is CC(CO)c1ncc(-c2c(OC(F)F)ccc3c2[C@H]2C[C@@H](CS3(=O)=O)c3nc4ccccc4n32)cn1. The lowest BCUT2D eigenvalue weighted by atomic mass is 9.92. The van der Waals surface area contributed by atoms with E-state index in [1.807, 2.05) is 28.8 Å². The summed E-state index contributed by atoms with van der Waals surface area (Å²) in [5, 5.41) is 9.44. The number of alkyl halides is 2. The molecule has 1 N–H and O–H groups in total. The molecule has 3 atom stereocenters. The summed E-state index contributed by atoms with van der Waals surface area (Å²) in [5.74, 6) is 0.121. The van der Waals surface area contributed by atoms with Crippen LogP contribution in [0.2, 0.25) is 0 Å². The van der Waals surface area contributed by atoms with E-state index in [2.05, 4.69) is 9.97 Å². The Balaban J connectivity index is 1.65. The van der Waals surface area contributed by atoms with Gasteiger partial charge in [-0.2, -0.15) is 8.78 Å². The van der Waals surface area contributed by atoms with Gasteiger partial charge in [-0.3, -0.25) is 0 Å². The van der Waals surface area contributed by atoms with E-state index in [9.17, 15) is 22.3 Å². The van der Waals surface area contributed by atoms with E-state index in [1.165, 1.54) is 24.5 Å². The summed E-state index contributed by atoms with van der Waals surface area (Å²) >= 11 is 0. The van der Waals surface area contributed by atoms with E-state index in [4.69, 9.17) is 9.72 Å². The van der Waals surface area contributed by atoms with Crippen LogP contribution in [0.4, 0.5) is 8.78 Å². The van der Waals surface area contributed by atoms with Gasteiger partial charge in [0.25, 0.3) is 0 Å². The van der Waals surface area contributed by atoms with Crippen molar-refractivity contribution in [1.29, 1.82) is 0 Å². The highest BCUT2D eigenvalue weighted by Gasteiger charge is 2.45. The van der Waals surface area contributed by atoms with Gasteiger partial charge in [0.05, 0.1) is 34.3 Å². The number of para-hydroxylation sites is 2. The minimum atomic E-state index is -3.76. The molecule has 0 saturated heterocycles. The molecular formula is C25H22F2N4O4S. The van der Waals surface area contributed by atoms with Gasteiger partial charge in [-0.05, 0) is 30.7 Å². The molecule has 11 heteroatoms. The van der Waals surface area contributed by atoms with E-state index in [-0.39, 0.29) is 40.4 Å². The minimum Gasteiger partial charge on any atom is -0.434 e. The zero-order valence-corrected chi connectivity index (χ0v) is 20.0. The molecule has 2 aliphatic rings. The van der Waals surface area contributed by atoms with Crippen molar-refractivity contribution in [2.75, 3.05) is 12.4 Å². The number of benzene rings is 2. The van der Waals surface area contributed by atoms with Gasteiger partial charge in [0, 0.05) is 40.9 Å². The number of nitrogens with zero attached hydrogens (tertiary/aromatic N) is 4. The molecule has 1 unspecified atom stereocenters. The largest absolute Gasteiger partial charge is 0.434 e. The molecule has 0 saturated carbocycles. The van der Waals surface area contributed by atoms with E-state index in [0.29, 0.717) is 29.2 Å². The highest BCUT2D eigenvalue weighted by molar-refractivity contribution is 7.91. The number of hydrogen-bond acceptors (Lipinski definition) is 7. The first-order valence-electron chi connectivity index (χ1n) is 11.5. The Hall–Kier alpha value is -3.44. The van der Waals surface area contributed by atoms with Crippen molar-refractivity contribution >= 4 is 20.9 Å². The van der Waals surface area contributed by atoms with E-state index < -0.39 is 22.5 Å². The first-order chi connectivity index (χ1) is 17.3. The summed E-state index contributed by atoms with van der Waals surface area (Å²) < 4.78 is 60.9. The molecule has 186 valence electrons. The monoisotopic (exact) mass is 512 g/mol. The van der Waals surface area contributed by atoms with E-state index in [1.54, 1.807) is 6.92 Å². The van der Waals surface area contributed by atoms with Crippen molar-refractivity contribution in [3.8, 4) is 16.9 Å². The predicted octanol–water partition coefficient (Wildman–Crippen LogP) is 4.05. The number of rotatable bonds is 5. The van der Waals surface area contributed by atoms with E-state index >= 15 is 0 Å². The average Bonchev–Trinajstić information content (AvgIpc) is 3.36. The summed E-state index contributed by atoms with van der Waals surface area (Å²) in [6, 6.07) is 9.71. The van der Waals surface area contributed by atoms with Gasteiger partial charge in [0.1, 0.15) is 17.4 Å². The normalized spacial score (nSPS) is 20.7. The standard InChI is InChI=1S/C25H22F2N4O4S/c1-13(11-32)23-28-9-15(10-29-23)21-19(35-25(26)27)6-7-20-22(21)18-8-14(12-36(20,33)34)24-30-16-4-2-3-5-17(16)31(18)24/h2-7,9-10,13-14,18,25,32H,8,11-12H2,1H3/t13?,14-,18+/m0/s1. The lowest BCUT2D eigenvalue weighted by Crippen LogP contribution is -2.18. The smallest absolute Gasteiger partial charge is 0.387 e. The number of aromatic nitrogens is 4. The van der Waals surface area contributed by atoms with Crippen molar-refractivity contribution < 1.29 is 27.0 Å². The van der Waals surface area contributed by atoms with Crippen LogP contribution in [-0.4, -0.2) is 52.0 Å². The first kappa shape index (κ1) is 23.0. The van der Waals surface area contributed by atoms with Crippen LogP contribution < -0.4 is 4.74 Å². The van der Waals surface area contributed by atoms with E-state index in [0.717, 1.165) is 11.0 Å². The van der Waals surface area contributed by atoms with Crippen LogP contribution in [0, 0.1) is 0 Å². The Morgan fingerprint density at radius 3 is 2.64 bits per heavy atom. The summed E-state index contributed by atoms with van der Waals surface area (Å²) in [5.41, 5.74) is 2.54. The average molecular weight is 513 g/mol. The molecule has 2 aromatic carbocycles. The molecule has 0 aliphatic carbocycles. The third kappa shape index (κ3) is 3.48. The Morgan fingerprint density at radius 1 is 1.17 bits per heavy atom. The second-order valence-electron chi connectivity index (χ2n) is 9.20. The molecule has 0 fully saturated rings. The number of ether oxygens (including phenoxy) is 1. The molecule has 0 spiro atoms. The topological polar surface area (TPSA) is 107 Å². The maximum Gasteiger partial charge on any atom is 0.387 e. The number of halogens is 2. The molecule has 6 rings (SSSR count). The van der Waals surface area contributed by atoms with Crippen molar-refractivity contribution in [1.82, 2.24) is 19.5 Å². The molecule has 0 radical (unpaired) electrons. The highest BCUT2D eigenvalue weighted by atomic mass is 32.2. The van der Waals surface area contributed by atoms with Crippen molar-refractivity contribution in [2.24, 2.45) is 0 Å². The number of fused-ring (bicyclic) bond motifs is 9. The van der Waals surface area contributed by atoms with Crippen LogP contribution in [-0.2, 0) is 9.84 Å². The lowest BCUT2D eigenvalue weighted by molar-refractivity contribution is -0.0495. The number of hydrogen-bond donors (Lipinski definition) is 1. The number of aliphatic hydroxyl groups excluding tert-OH is 1. The predicted molar refractivity (Wildman–Crippen MR) is 127 cm³/mol. The van der Waals surface area contributed by atoms with Crippen LogP contribution in [0.5, 0.6) is 5.75 Å². The highest BCUT2D eigenvalue weighted by Crippen LogP contribution is 2.52.